The predicted octanol–water partition coefficient (Wildman–Crippen LogP) is 4.37. The Hall–Kier alpha value is -3.25. The highest BCUT2D eigenvalue weighted by Crippen LogP contribution is 2.32. The normalized spacial score (nSPS) is 14.7. The van der Waals surface area contributed by atoms with Crippen LogP contribution < -0.4 is 0 Å². The van der Waals surface area contributed by atoms with Gasteiger partial charge in [0.25, 0.3) is 5.91 Å². The summed E-state index contributed by atoms with van der Waals surface area (Å²) in [5.41, 5.74) is 3.62. The van der Waals surface area contributed by atoms with Crippen LogP contribution in [0.3, 0.4) is 0 Å². The largest absolute Gasteiger partial charge is 0.303 e. The van der Waals surface area contributed by atoms with E-state index in [2.05, 4.69) is 27.9 Å². The van der Waals surface area contributed by atoms with Gasteiger partial charge in [0.15, 0.2) is 0 Å². The molecule has 0 aliphatic carbocycles. The van der Waals surface area contributed by atoms with E-state index in [0.717, 1.165) is 52.6 Å². The zero-order chi connectivity index (χ0) is 20.5. The van der Waals surface area contributed by atoms with Gasteiger partial charge in [-0.15, -0.1) is 5.10 Å². The van der Waals surface area contributed by atoms with E-state index in [9.17, 15) is 4.79 Å². The van der Waals surface area contributed by atoms with E-state index in [0.29, 0.717) is 0 Å². The summed E-state index contributed by atoms with van der Waals surface area (Å²) in [6, 6.07) is 14.0. The highest BCUT2D eigenvalue weighted by molar-refractivity contribution is 6.15. The van der Waals surface area contributed by atoms with E-state index in [1.165, 1.54) is 32.0 Å². The number of allylic oxidation sites excluding steroid dienone is 1. The quantitative estimate of drug-likeness (QED) is 0.452. The monoisotopic (exact) mass is 399 g/mol. The molecule has 152 valence electrons. The number of aryl methyl sites for hydroxylation is 1. The maximum absolute atomic E-state index is 12.5. The van der Waals surface area contributed by atoms with Crippen molar-refractivity contribution in [2.45, 2.75) is 25.8 Å². The number of benzene rings is 2. The van der Waals surface area contributed by atoms with Crippen molar-refractivity contribution in [2.24, 2.45) is 0 Å². The van der Waals surface area contributed by atoms with Crippen LogP contribution in [0.1, 0.15) is 24.1 Å². The Bertz CT molecular complexity index is 1230. The molecule has 0 radical (unpaired) electrons. The molecule has 1 aliphatic rings. The van der Waals surface area contributed by atoms with Crippen molar-refractivity contribution in [2.75, 3.05) is 19.6 Å². The number of nitrogens with zero attached hydrogens (tertiary/aromatic N) is 5. The molecule has 0 N–H and O–H groups in total. The van der Waals surface area contributed by atoms with Crippen molar-refractivity contribution < 1.29 is 4.79 Å². The maximum Gasteiger partial charge on any atom is 0.254 e. The van der Waals surface area contributed by atoms with Gasteiger partial charge in [-0.1, -0.05) is 36.1 Å². The number of likely N-dealkylation sites (tertiary alicyclic amines) is 1. The van der Waals surface area contributed by atoms with E-state index in [4.69, 9.17) is 0 Å². The standard InChI is InChI=1S/C24H25N5O/c1-2-24(30)29-22-9-4-3-8-19(22)20-16-18(10-11-23(20)29)21-17-28(26-25-21)15-7-14-27-12-5-6-13-27/h2-4,8-11,16-17H,1,5-7,12-15H2. The molecular weight excluding hydrogens is 374 g/mol. The highest BCUT2D eigenvalue weighted by Gasteiger charge is 2.16. The first kappa shape index (κ1) is 18.8. The molecule has 0 bridgehead atoms. The van der Waals surface area contributed by atoms with Gasteiger partial charge in [0, 0.05) is 22.9 Å². The van der Waals surface area contributed by atoms with Gasteiger partial charge in [-0.25, -0.2) is 0 Å². The molecule has 0 saturated carbocycles. The third kappa shape index (κ3) is 3.33. The number of hydrogen-bond acceptors (Lipinski definition) is 4. The molecular formula is C24H25N5O. The lowest BCUT2D eigenvalue weighted by Gasteiger charge is -2.13. The van der Waals surface area contributed by atoms with Crippen LogP contribution in [0.25, 0.3) is 33.1 Å². The predicted molar refractivity (Wildman–Crippen MR) is 120 cm³/mol. The number of carbonyl (C=O) groups excluding carboxylic acids is 1. The molecule has 5 rings (SSSR count). The fourth-order valence-electron chi connectivity index (χ4n) is 4.46. The molecule has 1 saturated heterocycles. The summed E-state index contributed by atoms with van der Waals surface area (Å²) < 4.78 is 3.65. The summed E-state index contributed by atoms with van der Waals surface area (Å²) in [5.74, 6) is -0.127. The van der Waals surface area contributed by atoms with E-state index >= 15 is 0 Å². The van der Waals surface area contributed by atoms with Gasteiger partial charge in [0.1, 0.15) is 5.69 Å². The summed E-state index contributed by atoms with van der Waals surface area (Å²) in [7, 11) is 0. The fourth-order valence-corrected chi connectivity index (χ4v) is 4.46. The lowest BCUT2D eigenvalue weighted by molar-refractivity contribution is 0.0978. The average Bonchev–Trinajstić information content (AvgIpc) is 3.52. The minimum Gasteiger partial charge on any atom is -0.303 e. The smallest absolute Gasteiger partial charge is 0.254 e. The maximum atomic E-state index is 12.5. The number of rotatable bonds is 6. The summed E-state index contributed by atoms with van der Waals surface area (Å²) in [6.45, 7) is 8.10. The van der Waals surface area contributed by atoms with Gasteiger partial charge in [0.05, 0.1) is 17.2 Å². The van der Waals surface area contributed by atoms with Gasteiger partial charge in [-0.05, 0) is 63.2 Å². The van der Waals surface area contributed by atoms with Crippen molar-refractivity contribution in [3.63, 3.8) is 0 Å². The zero-order valence-electron chi connectivity index (χ0n) is 17.0. The van der Waals surface area contributed by atoms with Crippen LogP contribution in [0.2, 0.25) is 0 Å². The van der Waals surface area contributed by atoms with Gasteiger partial charge in [-0.2, -0.15) is 0 Å². The molecule has 4 aromatic rings. The molecule has 0 atom stereocenters. The average molecular weight is 399 g/mol. The van der Waals surface area contributed by atoms with E-state index in [1.807, 2.05) is 47.3 Å². The lowest BCUT2D eigenvalue weighted by Crippen LogP contribution is -2.21. The third-order valence-corrected chi connectivity index (χ3v) is 5.96. The second-order valence-electron chi connectivity index (χ2n) is 7.90. The van der Waals surface area contributed by atoms with E-state index in [1.54, 1.807) is 4.57 Å². The molecule has 6 nitrogen and oxygen atoms in total. The zero-order valence-corrected chi connectivity index (χ0v) is 17.0. The summed E-state index contributed by atoms with van der Waals surface area (Å²) >= 11 is 0. The van der Waals surface area contributed by atoms with Gasteiger partial charge in [-0.3, -0.25) is 14.0 Å². The topological polar surface area (TPSA) is 56.0 Å². The van der Waals surface area contributed by atoms with Crippen LogP contribution in [0.4, 0.5) is 0 Å². The second-order valence-corrected chi connectivity index (χ2v) is 7.90. The lowest BCUT2D eigenvalue weighted by atomic mass is 10.1. The Kier molecular flexibility index (Phi) is 4.93. The molecule has 6 heteroatoms. The van der Waals surface area contributed by atoms with Crippen LogP contribution in [-0.4, -0.2) is 50.0 Å². The van der Waals surface area contributed by atoms with Crippen molar-refractivity contribution in [3.05, 3.63) is 61.3 Å². The first-order valence-corrected chi connectivity index (χ1v) is 10.6. The van der Waals surface area contributed by atoms with Gasteiger partial charge < -0.3 is 4.90 Å². The Labute approximate surface area is 175 Å². The van der Waals surface area contributed by atoms with E-state index in [-0.39, 0.29) is 5.91 Å². The number of hydrogen-bond donors (Lipinski definition) is 0. The first-order chi connectivity index (χ1) is 14.7. The number of fused-ring (bicyclic) bond motifs is 3. The fraction of sp³-hybridized carbons (Fsp3) is 0.292. The Morgan fingerprint density at radius 2 is 1.83 bits per heavy atom. The van der Waals surface area contributed by atoms with Gasteiger partial charge >= 0.3 is 0 Å². The molecule has 2 aromatic heterocycles. The molecule has 2 aromatic carbocycles. The number of aromatic nitrogens is 4. The first-order valence-electron chi connectivity index (χ1n) is 10.6. The van der Waals surface area contributed by atoms with Crippen LogP contribution in [0.15, 0.2) is 61.3 Å². The molecule has 1 aliphatic heterocycles. The highest BCUT2D eigenvalue weighted by atomic mass is 16.1. The van der Waals surface area contributed by atoms with Crippen molar-refractivity contribution in [1.29, 1.82) is 0 Å². The van der Waals surface area contributed by atoms with Crippen molar-refractivity contribution in [1.82, 2.24) is 24.5 Å². The summed E-state index contributed by atoms with van der Waals surface area (Å²) in [4.78, 5) is 15.0. The SMILES string of the molecule is C=CC(=O)n1c2ccccc2c2cc(-c3cn(CCCN4CCCC4)nn3)ccc21. The Morgan fingerprint density at radius 3 is 2.67 bits per heavy atom. The van der Waals surface area contributed by atoms with Crippen LogP contribution in [0.5, 0.6) is 0 Å². The summed E-state index contributed by atoms with van der Waals surface area (Å²) in [6.07, 6.45) is 7.10. The van der Waals surface area contributed by atoms with E-state index < -0.39 is 0 Å². The molecule has 0 unspecified atom stereocenters. The molecule has 30 heavy (non-hydrogen) atoms. The number of para-hydroxylation sites is 1. The van der Waals surface area contributed by atoms with Crippen LogP contribution in [0, 0.1) is 0 Å². The second kappa shape index (κ2) is 7.88. The van der Waals surface area contributed by atoms with Crippen molar-refractivity contribution in [3.8, 4) is 11.3 Å². The molecule has 1 fully saturated rings. The molecule has 0 spiro atoms. The van der Waals surface area contributed by atoms with Crippen LogP contribution >= 0.6 is 0 Å². The minimum absolute atomic E-state index is 0.127. The Morgan fingerprint density at radius 1 is 1.03 bits per heavy atom. The number of carbonyl (C=O) groups is 1. The van der Waals surface area contributed by atoms with Gasteiger partial charge in [0.2, 0.25) is 0 Å². The molecule has 3 heterocycles. The van der Waals surface area contributed by atoms with Crippen molar-refractivity contribution >= 4 is 27.7 Å². The van der Waals surface area contributed by atoms with Crippen LogP contribution in [-0.2, 0) is 6.54 Å². The molecule has 0 amide bonds. The third-order valence-electron chi connectivity index (χ3n) is 5.96. The Balaban J connectivity index is 1.44. The minimum atomic E-state index is -0.127. The summed E-state index contributed by atoms with van der Waals surface area (Å²) in [5, 5.41) is 10.8.